The third kappa shape index (κ3) is 2.42. The molecule has 0 amide bonds. The molecule has 0 N–H and O–H groups in total. The summed E-state index contributed by atoms with van der Waals surface area (Å²) in [5.41, 5.74) is 2.19. The SMILES string of the molecule is COc1ccc([C@H]2Oc3c(Cl)cc(OC)cc3[C@@H]2C)cc1. The Morgan fingerprint density at radius 3 is 2.29 bits per heavy atom. The smallest absolute Gasteiger partial charge is 0.142 e. The monoisotopic (exact) mass is 304 g/mol. The molecule has 2 aromatic rings. The maximum Gasteiger partial charge on any atom is 0.142 e. The molecule has 0 unspecified atom stereocenters. The van der Waals surface area contributed by atoms with E-state index in [0.717, 1.165) is 28.4 Å². The van der Waals surface area contributed by atoms with Crippen LogP contribution in [0.15, 0.2) is 36.4 Å². The summed E-state index contributed by atoms with van der Waals surface area (Å²) in [5.74, 6) is 2.55. The number of fused-ring (bicyclic) bond motifs is 1. The van der Waals surface area contributed by atoms with E-state index in [0.29, 0.717) is 5.02 Å². The molecular weight excluding hydrogens is 288 g/mol. The van der Waals surface area contributed by atoms with E-state index in [9.17, 15) is 0 Å². The molecule has 0 spiro atoms. The first-order chi connectivity index (χ1) is 10.1. The second kappa shape index (κ2) is 5.49. The lowest BCUT2D eigenvalue weighted by Crippen LogP contribution is -2.07. The molecule has 0 bridgehead atoms. The molecule has 110 valence electrons. The molecule has 2 atom stereocenters. The summed E-state index contributed by atoms with van der Waals surface area (Å²) in [6.45, 7) is 2.14. The number of benzene rings is 2. The first-order valence-corrected chi connectivity index (χ1v) is 7.20. The van der Waals surface area contributed by atoms with Gasteiger partial charge in [-0.25, -0.2) is 0 Å². The van der Waals surface area contributed by atoms with Gasteiger partial charge < -0.3 is 14.2 Å². The van der Waals surface area contributed by atoms with Gasteiger partial charge in [0, 0.05) is 17.5 Å². The first kappa shape index (κ1) is 14.1. The van der Waals surface area contributed by atoms with Crippen LogP contribution >= 0.6 is 11.6 Å². The standard InChI is InChI=1S/C17H17ClO3/c1-10-14-8-13(20-3)9-15(18)17(14)21-16(10)11-4-6-12(19-2)7-5-11/h4-10,16H,1-3H3/t10-,16-/m0/s1. The number of halogens is 1. The fourth-order valence-corrected chi connectivity index (χ4v) is 2.97. The van der Waals surface area contributed by atoms with E-state index < -0.39 is 0 Å². The Morgan fingerprint density at radius 2 is 1.67 bits per heavy atom. The zero-order chi connectivity index (χ0) is 15.0. The molecule has 0 saturated carbocycles. The molecule has 1 aliphatic heterocycles. The Kier molecular flexibility index (Phi) is 3.68. The topological polar surface area (TPSA) is 27.7 Å². The van der Waals surface area contributed by atoms with Crippen LogP contribution in [0.25, 0.3) is 0 Å². The molecule has 2 aromatic carbocycles. The van der Waals surface area contributed by atoms with Crippen LogP contribution in [-0.2, 0) is 0 Å². The lowest BCUT2D eigenvalue weighted by atomic mass is 9.93. The molecule has 0 aromatic heterocycles. The van der Waals surface area contributed by atoms with Crippen LogP contribution in [0.5, 0.6) is 17.2 Å². The molecule has 1 aliphatic rings. The van der Waals surface area contributed by atoms with E-state index in [4.69, 9.17) is 25.8 Å². The van der Waals surface area contributed by atoms with Crippen LogP contribution in [0.2, 0.25) is 5.02 Å². The highest BCUT2D eigenvalue weighted by Gasteiger charge is 2.34. The third-order valence-electron chi connectivity index (χ3n) is 3.92. The van der Waals surface area contributed by atoms with Crippen molar-refractivity contribution >= 4 is 11.6 Å². The molecule has 0 fully saturated rings. The minimum Gasteiger partial charge on any atom is -0.497 e. The van der Waals surface area contributed by atoms with Gasteiger partial charge in [-0.3, -0.25) is 0 Å². The Labute approximate surface area is 129 Å². The van der Waals surface area contributed by atoms with E-state index in [-0.39, 0.29) is 12.0 Å². The van der Waals surface area contributed by atoms with Crippen molar-refractivity contribution in [2.45, 2.75) is 18.9 Å². The summed E-state index contributed by atoms with van der Waals surface area (Å²) in [7, 11) is 3.30. The van der Waals surface area contributed by atoms with Crippen LogP contribution in [0.4, 0.5) is 0 Å². The highest BCUT2D eigenvalue weighted by atomic mass is 35.5. The Bertz CT molecular complexity index is 652. The second-order valence-electron chi connectivity index (χ2n) is 5.13. The summed E-state index contributed by atoms with van der Waals surface area (Å²) < 4.78 is 16.6. The lowest BCUT2D eigenvalue weighted by molar-refractivity contribution is 0.216. The van der Waals surface area contributed by atoms with Gasteiger partial charge in [0.25, 0.3) is 0 Å². The highest BCUT2D eigenvalue weighted by Crippen LogP contribution is 2.50. The number of hydrogen-bond donors (Lipinski definition) is 0. The average Bonchev–Trinajstić information content (AvgIpc) is 2.85. The molecule has 21 heavy (non-hydrogen) atoms. The second-order valence-corrected chi connectivity index (χ2v) is 5.54. The summed E-state index contributed by atoms with van der Waals surface area (Å²) in [6, 6.07) is 11.7. The summed E-state index contributed by atoms with van der Waals surface area (Å²) in [4.78, 5) is 0. The Morgan fingerprint density at radius 1 is 1.00 bits per heavy atom. The van der Waals surface area contributed by atoms with Crippen molar-refractivity contribution in [3.63, 3.8) is 0 Å². The van der Waals surface area contributed by atoms with Gasteiger partial charge in [0.05, 0.1) is 19.2 Å². The maximum absolute atomic E-state index is 6.29. The van der Waals surface area contributed by atoms with Crippen molar-refractivity contribution < 1.29 is 14.2 Å². The third-order valence-corrected chi connectivity index (χ3v) is 4.20. The molecule has 0 aliphatic carbocycles. The molecule has 3 rings (SSSR count). The van der Waals surface area contributed by atoms with Gasteiger partial charge in [0.1, 0.15) is 23.4 Å². The van der Waals surface area contributed by atoms with Gasteiger partial charge in [-0.2, -0.15) is 0 Å². The van der Waals surface area contributed by atoms with Crippen LogP contribution in [0.3, 0.4) is 0 Å². The van der Waals surface area contributed by atoms with Crippen molar-refractivity contribution in [3.05, 3.63) is 52.5 Å². The fourth-order valence-electron chi connectivity index (χ4n) is 2.71. The maximum atomic E-state index is 6.29. The average molecular weight is 305 g/mol. The van der Waals surface area contributed by atoms with Crippen molar-refractivity contribution in [1.29, 1.82) is 0 Å². The van der Waals surface area contributed by atoms with Gasteiger partial charge >= 0.3 is 0 Å². The molecule has 0 radical (unpaired) electrons. The predicted molar refractivity (Wildman–Crippen MR) is 82.8 cm³/mol. The molecule has 0 saturated heterocycles. The van der Waals surface area contributed by atoms with Gasteiger partial charge in [-0.05, 0) is 23.8 Å². The summed E-state index contributed by atoms with van der Waals surface area (Å²) in [6.07, 6.45) is -0.0458. The minimum atomic E-state index is -0.0458. The van der Waals surface area contributed by atoms with E-state index in [2.05, 4.69) is 6.92 Å². The quantitative estimate of drug-likeness (QED) is 0.830. The van der Waals surface area contributed by atoms with Gasteiger partial charge in [0.15, 0.2) is 0 Å². The minimum absolute atomic E-state index is 0.0458. The lowest BCUT2D eigenvalue weighted by Gasteiger charge is -2.16. The fraction of sp³-hybridized carbons (Fsp3) is 0.294. The zero-order valence-electron chi connectivity index (χ0n) is 12.2. The predicted octanol–water partition coefficient (Wildman–Crippen LogP) is 4.59. The molecular formula is C17H17ClO3. The van der Waals surface area contributed by atoms with E-state index >= 15 is 0 Å². The van der Waals surface area contributed by atoms with Gasteiger partial charge in [-0.15, -0.1) is 0 Å². The highest BCUT2D eigenvalue weighted by molar-refractivity contribution is 6.32. The number of rotatable bonds is 3. The molecule has 1 heterocycles. The van der Waals surface area contributed by atoms with Crippen LogP contribution in [0.1, 0.15) is 30.1 Å². The van der Waals surface area contributed by atoms with Crippen LogP contribution < -0.4 is 14.2 Å². The first-order valence-electron chi connectivity index (χ1n) is 6.82. The van der Waals surface area contributed by atoms with Gasteiger partial charge in [0.2, 0.25) is 0 Å². The normalized spacial score (nSPS) is 19.8. The summed E-state index contributed by atoms with van der Waals surface area (Å²) >= 11 is 6.29. The number of methoxy groups -OCH3 is 2. The largest absolute Gasteiger partial charge is 0.497 e. The summed E-state index contributed by atoms with van der Waals surface area (Å²) in [5, 5.41) is 0.590. The van der Waals surface area contributed by atoms with Crippen molar-refractivity contribution in [2.24, 2.45) is 0 Å². The van der Waals surface area contributed by atoms with E-state index in [1.807, 2.05) is 30.3 Å². The Hall–Kier alpha value is -1.87. The zero-order valence-corrected chi connectivity index (χ0v) is 13.0. The Balaban J connectivity index is 1.95. The molecule has 3 nitrogen and oxygen atoms in total. The van der Waals surface area contributed by atoms with Crippen molar-refractivity contribution in [2.75, 3.05) is 14.2 Å². The van der Waals surface area contributed by atoms with E-state index in [1.54, 1.807) is 20.3 Å². The van der Waals surface area contributed by atoms with Crippen LogP contribution in [0, 0.1) is 0 Å². The number of hydrogen-bond acceptors (Lipinski definition) is 3. The van der Waals surface area contributed by atoms with Crippen LogP contribution in [-0.4, -0.2) is 14.2 Å². The van der Waals surface area contributed by atoms with Gasteiger partial charge in [-0.1, -0.05) is 30.7 Å². The van der Waals surface area contributed by atoms with E-state index in [1.165, 1.54) is 0 Å². The van der Waals surface area contributed by atoms with Crippen molar-refractivity contribution in [1.82, 2.24) is 0 Å². The van der Waals surface area contributed by atoms with Crippen molar-refractivity contribution in [3.8, 4) is 17.2 Å². The number of ether oxygens (including phenoxy) is 3. The molecule has 4 heteroatoms.